The minimum Gasteiger partial charge on any atom is -0.466 e. The number of carbonyl (C=O) groups is 1. The SMILES string of the molecule is CCOC(=O)[C@H]1CCCN(c2ccc([N+](=O)[O-])c3nonc23)C1. The van der Waals surface area contributed by atoms with E-state index in [9.17, 15) is 14.9 Å². The van der Waals surface area contributed by atoms with Gasteiger partial charge in [0, 0.05) is 19.2 Å². The number of piperidine rings is 1. The number of rotatable bonds is 4. The molecule has 1 saturated heterocycles. The molecule has 1 aliphatic heterocycles. The topological polar surface area (TPSA) is 112 Å². The lowest BCUT2D eigenvalue weighted by Gasteiger charge is -2.33. The number of non-ortho nitro benzene ring substituents is 1. The van der Waals surface area contributed by atoms with Gasteiger partial charge in [0.2, 0.25) is 5.52 Å². The third-order valence-corrected chi connectivity index (χ3v) is 3.95. The van der Waals surface area contributed by atoms with Crippen LogP contribution in [0.15, 0.2) is 16.8 Å². The average molecular weight is 320 g/mol. The van der Waals surface area contributed by atoms with Crippen LogP contribution in [0, 0.1) is 16.0 Å². The largest absolute Gasteiger partial charge is 0.466 e. The molecule has 0 radical (unpaired) electrons. The summed E-state index contributed by atoms with van der Waals surface area (Å²) in [5, 5.41) is 18.5. The van der Waals surface area contributed by atoms with Gasteiger partial charge in [0.05, 0.1) is 23.1 Å². The van der Waals surface area contributed by atoms with Crippen LogP contribution in [0.2, 0.25) is 0 Å². The predicted octanol–water partition coefficient (Wildman–Crippen LogP) is 1.91. The quantitative estimate of drug-likeness (QED) is 0.477. The molecule has 23 heavy (non-hydrogen) atoms. The Kier molecular flexibility index (Phi) is 4.09. The molecule has 1 aromatic carbocycles. The van der Waals surface area contributed by atoms with Crippen molar-refractivity contribution in [2.75, 3.05) is 24.6 Å². The first-order valence-corrected chi connectivity index (χ1v) is 7.43. The van der Waals surface area contributed by atoms with Gasteiger partial charge in [-0.05, 0) is 36.1 Å². The first-order valence-electron chi connectivity index (χ1n) is 7.43. The summed E-state index contributed by atoms with van der Waals surface area (Å²) in [7, 11) is 0. The molecule has 1 fully saturated rings. The smallest absolute Gasteiger partial charge is 0.310 e. The fourth-order valence-corrected chi connectivity index (χ4v) is 2.89. The molecule has 3 rings (SSSR count). The normalized spacial score (nSPS) is 18.1. The Morgan fingerprint density at radius 2 is 2.26 bits per heavy atom. The molecule has 2 aromatic rings. The Balaban J connectivity index is 1.91. The van der Waals surface area contributed by atoms with Gasteiger partial charge in [-0.3, -0.25) is 14.9 Å². The zero-order chi connectivity index (χ0) is 16.4. The van der Waals surface area contributed by atoms with Gasteiger partial charge in [0.15, 0.2) is 5.52 Å². The van der Waals surface area contributed by atoms with Crippen LogP contribution >= 0.6 is 0 Å². The molecule has 122 valence electrons. The Morgan fingerprint density at radius 3 is 3.00 bits per heavy atom. The van der Waals surface area contributed by atoms with E-state index in [-0.39, 0.29) is 23.1 Å². The monoisotopic (exact) mass is 320 g/mol. The summed E-state index contributed by atoms with van der Waals surface area (Å²) in [5.41, 5.74) is 0.985. The highest BCUT2D eigenvalue weighted by atomic mass is 16.6. The van der Waals surface area contributed by atoms with E-state index >= 15 is 0 Å². The van der Waals surface area contributed by atoms with E-state index in [2.05, 4.69) is 14.9 Å². The first kappa shape index (κ1) is 15.2. The number of nitrogens with zero attached hydrogens (tertiary/aromatic N) is 4. The van der Waals surface area contributed by atoms with Crippen LogP contribution in [0.5, 0.6) is 0 Å². The Bertz CT molecular complexity index is 744. The van der Waals surface area contributed by atoms with Crippen molar-refractivity contribution in [1.29, 1.82) is 0 Å². The zero-order valence-electron chi connectivity index (χ0n) is 12.6. The third-order valence-electron chi connectivity index (χ3n) is 3.95. The van der Waals surface area contributed by atoms with Crippen LogP contribution in [0.3, 0.4) is 0 Å². The van der Waals surface area contributed by atoms with E-state index in [0.29, 0.717) is 24.4 Å². The van der Waals surface area contributed by atoms with Gasteiger partial charge in [-0.25, -0.2) is 4.63 Å². The summed E-state index contributed by atoms with van der Waals surface area (Å²) in [4.78, 5) is 24.4. The van der Waals surface area contributed by atoms with Gasteiger partial charge in [-0.2, -0.15) is 0 Å². The third kappa shape index (κ3) is 2.81. The summed E-state index contributed by atoms with van der Waals surface area (Å²) in [6.07, 6.45) is 1.59. The fraction of sp³-hybridized carbons (Fsp3) is 0.500. The highest BCUT2D eigenvalue weighted by molar-refractivity contribution is 5.94. The molecule has 0 bridgehead atoms. The molecule has 0 spiro atoms. The van der Waals surface area contributed by atoms with Gasteiger partial charge < -0.3 is 9.64 Å². The lowest BCUT2D eigenvalue weighted by Crippen LogP contribution is -2.39. The number of nitro benzene ring substituents is 1. The van der Waals surface area contributed by atoms with Crippen molar-refractivity contribution < 1.29 is 19.1 Å². The average Bonchev–Trinajstić information content (AvgIpc) is 3.03. The number of esters is 1. The highest BCUT2D eigenvalue weighted by Gasteiger charge is 2.29. The van der Waals surface area contributed by atoms with Crippen LogP contribution in [0.25, 0.3) is 11.0 Å². The molecule has 0 aliphatic carbocycles. The van der Waals surface area contributed by atoms with E-state index in [1.807, 2.05) is 4.90 Å². The van der Waals surface area contributed by atoms with Gasteiger partial charge in [0.25, 0.3) is 0 Å². The van der Waals surface area contributed by atoms with Crippen molar-refractivity contribution in [3.63, 3.8) is 0 Å². The molecule has 1 aromatic heterocycles. The molecular formula is C14H16N4O5. The van der Waals surface area contributed by atoms with Crippen LogP contribution in [0.4, 0.5) is 11.4 Å². The maximum Gasteiger partial charge on any atom is 0.310 e. The standard InChI is InChI=1S/C14H16N4O5/c1-2-22-14(19)9-4-3-7-17(8-9)10-5-6-11(18(20)21)13-12(10)15-23-16-13/h5-6,9H,2-4,7-8H2,1H3/t9-/m0/s1. The van der Waals surface area contributed by atoms with Gasteiger partial charge in [0.1, 0.15) is 0 Å². The van der Waals surface area contributed by atoms with Crippen LogP contribution < -0.4 is 4.90 Å². The van der Waals surface area contributed by atoms with Crippen molar-refractivity contribution in [2.45, 2.75) is 19.8 Å². The number of hydrogen-bond donors (Lipinski definition) is 0. The van der Waals surface area contributed by atoms with Crippen molar-refractivity contribution >= 4 is 28.4 Å². The number of benzene rings is 1. The fourth-order valence-electron chi connectivity index (χ4n) is 2.89. The molecule has 2 heterocycles. The van der Waals surface area contributed by atoms with Gasteiger partial charge >= 0.3 is 11.7 Å². The second-order valence-corrected chi connectivity index (χ2v) is 5.36. The number of anilines is 1. The minimum atomic E-state index is -0.520. The summed E-state index contributed by atoms with van der Waals surface area (Å²) in [6, 6.07) is 3.01. The van der Waals surface area contributed by atoms with E-state index in [0.717, 1.165) is 19.4 Å². The number of aromatic nitrogens is 2. The summed E-state index contributed by atoms with van der Waals surface area (Å²) >= 11 is 0. The Hall–Kier alpha value is -2.71. The highest BCUT2D eigenvalue weighted by Crippen LogP contribution is 2.33. The molecular weight excluding hydrogens is 304 g/mol. The van der Waals surface area contributed by atoms with E-state index < -0.39 is 4.92 Å². The number of nitro groups is 1. The van der Waals surface area contributed by atoms with Crippen molar-refractivity contribution in [3.8, 4) is 0 Å². The molecule has 0 amide bonds. The molecule has 0 unspecified atom stereocenters. The second kappa shape index (κ2) is 6.19. The van der Waals surface area contributed by atoms with E-state index in [4.69, 9.17) is 4.74 Å². The number of carbonyl (C=O) groups excluding carboxylic acids is 1. The van der Waals surface area contributed by atoms with Crippen molar-refractivity contribution in [1.82, 2.24) is 10.3 Å². The van der Waals surface area contributed by atoms with Crippen LogP contribution in [-0.2, 0) is 9.53 Å². The predicted molar refractivity (Wildman–Crippen MR) is 80.0 cm³/mol. The first-order chi connectivity index (χ1) is 11.1. The summed E-state index contributed by atoms with van der Waals surface area (Å²) < 4.78 is 9.76. The number of hydrogen-bond acceptors (Lipinski definition) is 8. The maximum absolute atomic E-state index is 11.9. The minimum absolute atomic E-state index is 0.116. The zero-order valence-corrected chi connectivity index (χ0v) is 12.6. The van der Waals surface area contributed by atoms with Gasteiger partial charge in [-0.1, -0.05) is 0 Å². The van der Waals surface area contributed by atoms with E-state index in [1.54, 1.807) is 13.0 Å². The number of ether oxygens (including phenoxy) is 1. The van der Waals surface area contributed by atoms with Crippen molar-refractivity contribution in [3.05, 3.63) is 22.2 Å². The second-order valence-electron chi connectivity index (χ2n) is 5.36. The Morgan fingerprint density at radius 1 is 1.48 bits per heavy atom. The summed E-state index contributed by atoms with van der Waals surface area (Å²) in [6.45, 7) is 3.35. The molecule has 0 saturated carbocycles. The lowest BCUT2D eigenvalue weighted by molar-refractivity contribution is -0.383. The molecule has 9 nitrogen and oxygen atoms in total. The van der Waals surface area contributed by atoms with Crippen LogP contribution in [-0.4, -0.2) is 40.9 Å². The number of fused-ring (bicyclic) bond motifs is 1. The summed E-state index contributed by atoms with van der Waals surface area (Å²) in [5.74, 6) is -0.428. The van der Waals surface area contributed by atoms with E-state index in [1.165, 1.54) is 6.07 Å². The lowest BCUT2D eigenvalue weighted by atomic mass is 9.97. The Labute approximate surface area is 131 Å². The molecule has 0 N–H and O–H groups in total. The van der Waals surface area contributed by atoms with Crippen LogP contribution in [0.1, 0.15) is 19.8 Å². The van der Waals surface area contributed by atoms with Crippen molar-refractivity contribution in [2.24, 2.45) is 5.92 Å². The molecule has 9 heteroatoms. The van der Waals surface area contributed by atoms with Gasteiger partial charge in [-0.15, -0.1) is 0 Å². The molecule has 1 aliphatic rings. The maximum atomic E-state index is 11.9. The molecule has 1 atom stereocenters.